The second-order valence-corrected chi connectivity index (χ2v) is 5.59. The zero-order valence-corrected chi connectivity index (χ0v) is 13.3. The van der Waals surface area contributed by atoms with Gasteiger partial charge < -0.3 is 11.1 Å². The average Bonchev–Trinajstić information content (AvgIpc) is 2.52. The fourth-order valence-corrected chi connectivity index (χ4v) is 2.27. The number of hydrogen-bond donors (Lipinski definition) is 2. The Kier molecular flexibility index (Phi) is 9.34. The lowest BCUT2D eigenvalue weighted by molar-refractivity contribution is 0.0948. The summed E-state index contributed by atoms with van der Waals surface area (Å²) in [6, 6.07) is 3.47. The van der Waals surface area contributed by atoms with Gasteiger partial charge in [-0.2, -0.15) is 11.8 Å². The van der Waals surface area contributed by atoms with Gasteiger partial charge in [0, 0.05) is 18.3 Å². The number of unbranched alkanes of at least 4 members (excludes halogenated alkanes) is 3. The smallest absolute Gasteiger partial charge is 0.269 e. The largest absolute Gasteiger partial charge is 0.351 e. The summed E-state index contributed by atoms with van der Waals surface area (Å²) in [5.74, 6) is 6.72. The fraction of sp³-hybridized carbons (Fsp3) is 0.500. The van der Waals surface area contributed by atoms with Crippen molar-refractivity contribution in [1.29, 1.82) is 0 Å². The van der Waals surface area contributed by atoms with Gasteiger partial charge in [0.15, 0.2) is 0 Å². The summed E-state index contributed by atoms with van der Waals surface area (Å²) in [5, 5.41) is 2.89. The van der Waals surface area contributed by atoms with Crippen molar-refractivity contribution in [3.8, 4) is 11.8 Å². The molecule has 0 spiro atoms. The minimum absolute atomic E-state index is 0.127. The molecule has 0 aromatic carbocycles. The van der Waals surface area contributed by atoms with Crippen LogP contribution < -0.4 is 11.1 Å². The van der Waals surface area contributed by atoms with Gasteiger partial charge in [0.05, 0.1) is 6.54 Å². The first kappa shape index (κ1) is 17.5. The molecule has 0 aliphatic heterocycles. The Bertz CT molecular complexity index is 477. The van der Waals surface area contributed by atoms with Gasteiger partial charge >= 0.3 is 0 Å². The van der Waals surface area contributed by atoms with E-state index in [9.17, 15) is 4.79 Å². The van der Waals surface area contributed by atoms with E-state index in [1.807, 2.05) is 11.8 Å². The number of pyridine rings is 1. The lowest BCUT2D eigenvalue weighted by Gasteiger charge is -2.04. The molecule has 0 bridgehead atoms. The number of nitrogens with one attached hydrogen (secondary N) is 1. The summed E-state index contributed by atoms with van der Waals surface area (Å²) in [6.45, 7) is 1.02. The molecular weight excluding hydrogens is 282 g/mol. The van der Waals surface area contributed by atoms with E-state index >= 15 is 0 Å². The minimum Gasteiger partial charge on any atom is -0.351 e. The Morgan fingerprint density at radius 3 is 2.81 bits per heavy atom. The number of carbonyl (C=O) groups excluding carboxylic acids is 1. The molecule has 0 aliphatic carbocycles. The molecular formula is C16H23N3OS. The lowest BCUT2D eigenvalue weighted by atomic mass is 10.2. The second kappa shape index (κ2) is 11.2. The van der Waals surface area contributed by atoms with Crippen molar-refractivity contribution in [2.24, 2.45) is 5.73 Å². The summed E-state index contributed by atoms with van der Waals surface area (Å²) >= 11 is 1.88. The first-order chi connectivity index (χ1) is 10.3. The van der Waals surface area contributed by atoms with E-state index in [-0.39, 0.29) is 5.91 Å². The third-order valence-corrected chi connectivity index (χ3v) is 3.59. The second-order valence-electron chi connectivity index (χ2n) is 4.60. The predicted octanol–water partition coefficient (Wildman–Crippen LogP) is 2.04. The number of thioether (sulfide) groups is 1. The molecule has 114 valence electrons. The van der Waals surface area contributed by atoms with Gasteiger partial charge in [-0.25, -0.2) is 4.98 Å². The van der Waals surface area contributed by atoms with E-state index in [2.05, 4.69) is 28.4 Å². The van der Waals surface area contributed by atoms with E-state index < -0.39 is 0 Å². The predicted molar refractivity (Wildman–Crippen MR) is 89.4 cm³/mol. The van der Waals surface area contributed by atoms with Crippen LogP contribution in [0.15, 0.2) is 18.3 Å². The molecule has 5 heteroatoms. The van der Waals surface area contributed by atoms with E-state index in [1.54, 1.807) is 18.3 Å². The Labute approximate surface area is 131 Å². The third kappa shape index (κ3) is 7.74. The maximum atomic E-state index is 11.9. The van der Waals surface area contributed by atoms with Gasteiger partial charge in [0.2, 0.25) is 0 Å². The van der Waals surface area contributed by atoms with Crippen LogP contribution in [0.3, 0.4) is 0 Å². The Balaban J connectivity index is 2.26. The van der Waals surface area contributed by atoms with Crippen LogP contribution in [0.2, 0.25) is 0 Å². The minimum atomic E-state index is -0.127. The molecule has 0 saturated carbocycles. The highest BCUT2D eigenvalue weighted by Gasteiger charge is 2.05. The first-order valence-electron chi connectivity index (χ1n) is 7.20. The normalized spacial score (nSPS) is 9.81. The molecule has 3 N–H and O–H groups in total. The molecule has 0 aliphatic rings. The molecule has 0 radical (unpaired) electrons. The number of nitrogens with zero attached hydrogens (tertiary/aromatic N) is 1. The van der Waals surface area contributed by atoms with E-state index in [4.69, 9.17) is 5.73 Å². The van der Waals surface area contributed by atoms with Gasteiger partial charge in [-0.1, -0.05) is 24.7 Å². The molecule has 0 unspecified atom stereocenters. The van der Waals surface area contributed by atoms with Crippen molar-refractivity contribution in [3.63, 3.8) is 0 Å². The van der Waals surface area contributed by atoms with Gasteiger partial charge in [-0.05, 0) is 37.0 Å². The Morgan fingerprint density at radius 1 is 1.33 bits per heavy atom. The van der Waals surface area contributed by atoms with Crippen LogP contribution in [0.5, 0.6) is 0 Å². The zero-order valence-electron chi connectivity index (χ0n) is 12.5. The summed E-state index contributed by atoms with van der Waals surface area (Å²) in [5.41, 5.74) is 6.50. The maximum absolute atomic E-state index is 11.9. The molecule has 1 heterocycles. The quantitative estimate of drug-likeness (QED) is 0.570. The number of amides is 1. The van der Waals surface area contributed by atoms with Crippen molar-refractivity contribution in [3.05, 3.63) is 29.6 Å². The van der Waals surface area contributed by atoms with Gasteiger partial charge in [-0.3, -0.25) is 4.79 Å². The SMILES string of the molecule is CSCCCCCCNC(=O)c1ccc(C#CCN)cn1. The average molecular weight is 305 g/mol. The van der Waals surface area contributed by atoms with Gasteiger partial charge in [0.1, 0.15) is 5.69 Å². The number of rotatable bonds is 8. The monoisotopic (exact) mass is 305 g/mol. The molecule has 1 aromatic heterocycles. The third-order valence-electron chi connectivity index (χ3n) is 2.89. The Hall–Kier alpha value is -1.51. The molecule has 1 rings (SSSR count). The van der Waals surface area contributed by atoms with E-state index in [0.717, 1.165) is 18.4 Å². The highest BCUT2D eigenvalue weighted by atomic mass is 32.2. The summed E-state index contributed by atoms with van der Waals surface area (Å²) in [7, 11) is 0. The van der Waals surface area contributed by atoms with Crippen LogP contribution in [-0.4, -0.2) is 36.0 Å². The van der Waals surface area contributed by atoms with Crippen LogP contribution in [-0.2, 0) is 0 Å². The molecule has 1 amide bonds. The van der Waals surface area contributed by atoms with E-state index in [1.165, 1.54) is 18.6 Å². The van der Waals surface area contributed by atoms with Crippen LogP contribution in [0.25, 0.3) is 0 Å². The van der Waals surface area contributed by atoms with Crippen LogP contribution in [0.4, 0.5) is 0 Å². The van der Waals surface area contributed by atoms with Crippen LogP contribution in [0.1, 0.15) is 41.7 Å². The van der Waals surface area contributed by atoms with Crippen molar-refractivity contribution < 1.29 is 4.79 Å². The summed E-state index contributed by atoms with van der Waals surface area (Å²) < 4.78 is 0. The number of hydrogen-bond acceptors (Lipinski definition) is 4. The maximum Gasteiger partial charge on any atom is 0.269 e. The van der Waals surface area contributed by atoms with Crippen LogP contribution >= 0.6 is 11.8 Å². The number of nitrogens with two attached hydrogens (primary N) is 1. The first-order valence-corrected chi connectivity index (χ1v) is 8.59. The molecule has 4 nitrogen and oxygen atoms in total. The summed E-state index contributed by atoms with van der Waals surface area (Å²) in [6.07, 6.45) is 8.37. The number of carbonyl (C=O) groups is 1. The highest BCUT2D eigenvalue weighted by Crippen LogP contribution is 2.04. The summed E-state index contributed by atoms with van der Waals surface area (Å²) in [4.78, 5) is 16.0. The van der Waals surface area contributed by atoms with Gasteiger partial charge in [-0.15, -0.1) is 0 Å². The fourth-order valence-electron chi connectivity index (χ4n) is 1.77. The molecule has 21 heavy (non-hydrogen) atoms. The van der Waals surface area contributed by atoms with E-state index in [0.29, 0.717) is 18.8 Å². The van der Waals surface area contributed by atoms with Crippen molar-refractivity contribution >= 4 is 17.7 Å². The molecule has 0 atom stereocenters. The highest BCUT2D eigenvalue weighted by molar-refractivity contribution is 7.98. The zero-order chi connectivity index (χ0) is 15.3. The number of aromatic nitrogens is 1. The Morgan fingerprint density at radius 2 is 2.14 bits per heavy atom. The van der Waals surface area contributed by atoms with Crippen molar-refractivity contribution in [2.45, 2.75) is 25.7 Å². The lowest BCUT2D eigenvalue weighted by Crippen LogP contribution is -2.25. The standard InChI is InChI=1S/C16H23N3OS/c1-21-12-5-3-2-4-11-18-16(20)15-9-8-14(13-19-15)7-6-10-17/h8-9,13H,2-5,10-12,17H2,1H3,(H,18,20). The van der Waals surface area contributed by atoms with Gasteiger partial charge in [0.25, 0.3) is 5.91 Å². The molecule has 0 saturated heterocycles. The van der Waals surface area contributed by atoms with Crippen LogP contribution in [0, 0.1) is 11.8 Å². The topological polar surface area (TPSA) is 68.0 Å². The molecule has 1 aromatic rings. The van der Waals surface area contributed by atoms with Crippen molar-refractivity contribution in [2.75, 3.05) is 25.1 Å². The molecule has 0 fully saturated rings. The van der Waals surface area contributed by atoms with Crippen molar-refractivity contribution in [1.82, 2.24) is 10.3 Å².